The van der Waals surface area contributed by atoms with E-state index in [2.05, 4.69) is 20.0 Å². The van der Waals surface area contributed by atoms with Crippen LogP contribution in [0.1, 0.15) is 27.2 Å². The van der Waals surface area contributed by atoms with Crippen molar-refractivity contribution in [2.45, 2.75) is 20.4 Å². The van der Waals surface area contributed by atoms with Gasteiger partial charge in [0.15, 0.2) is 0 Å². The number of halogens is 1. The van der Waals surface area contributed by atoms with Crippen molar-refractivity contribution >= 4 is 11.9 Å². The number of hydrogen-bond donors (Lipinski definition) is 1. The second-order valence-electron chi connectivity index (χ2n) is 4.61. The molecule has 0 atom stereocenters. The molecule has 0 aliphatic carbocycles. The number of aryl methyl sites for hydroxylation is 2. The van der Waals surface area contributed by atoms with Crippen molar-refractivity contribution in [2.75, 3.05) is 12.4 Å². The zero-order valence-corrected chi connectivity index (χ0v) is 12.1. The number of anilines is 1. The van der Waals surface area contributed by atoms with Gasteiger partial charge in [0.05, 0.1) is 12.7 Å². The van der Waals surface area contributed by atoms with Crippen molar-refractivity contribution in [1.82, 2.24) is 9.97 Å². The molecule has 21 heavy (non-hydrogen) atoms. The van der Waals surface area contributed by atoms with E-state index in [9.17, 15) is 9.18 Å². The van der Waals surface area contributed by atoms with Crippen LogP contribution in [0.3, 0.4) is 0 Å². The molecule has 0 spiro atoms. The van der Waals surface area contributed by atoms with Crippen molar-refractivity contribution in [3.63, 3.8) is 0 Å². The first-order valence-corrected chi connectivity index (χ1v) is 6.42. The summed E-state index contributed by atoms with van der Waals surface area (Å²) in [7, 11) is 1.28. The average Bonchev–Trinajstić information content (AvgIpc) is 2.49. The Morgan fingerprint density at radius 3 is 2.81 bits per heavy atom. The fourth-order valence-electron chi connectivity index (χ4n) is 1.74. The van der Waals surface area contributed by atoms with Crippen molar-refractivity contribution < 1.29 is 13.9 Å². The van der Waals surface area contributed by atoms with Gasteiger partial charge in [0.1, 0.15) is 5.82 Å². The molecule has 1 N–H and O–H groups in total. The number of aromatic nitrogens is 2. The second kappa shape index (κ2) is 6.30. The Kier molecular flexibility index (Phi) is 4.47. The molecular formula is C15H16FN3O2. The first-order valence-electron chi connectivity index (χ1n) is 6.42. The minimum Gasteiger partial charge on any atom is -0.465 e. The number of esters is 1. The number of methoxy groups -OCH3 is 1. The fourth-order valence-corrected chi connectivity index (χ4v) is 1.74. The van der Waals surface area contributed by atoms with Crippen LogP contribution in [0, 0.1) is 19.7 Å². The normalized spacial score (nSPS) is 10.3. The number of ether oxygens (including phenoxy) is 1. The lowest BCUT2D eigenvalue weighted by molar-refractivity contribution is 0.0600. The predicted molar refractivity (Wildman–Crippen MR) is 76.6 cm³/mol. The van der Waals surface area contributed by atoms with E-state index in [4.69, 9.17) is 0 Å². The molecule has 1 aromatic heterocycles. The van der Waals surface area contributed by atoms with Gasteiger partial charge in [0.2, 0.25) is 5.95 Å². The number of nitrogens with zero attached hydrogens (tertiary/aromatic N) is 2. The quantitative estimate of drug-likeness (QED) is 0.877. The van der Waals surface area contributed by atoms with Crippen molar-refractivity contribution in [3.05, 3.63) is 52.6 Å². The topological polar surface area (TPSA) is 64.1 Å². The molecule has 0 aliphatic rings. The number of carbonyl (C=O) groups excluding carboxylic acids is 1. The van der Waals surface area contributed by atoms with Gasteiger partial charge in [-0.3, -0.25) is 0 Å². The molecule has 0 aliphatic heterocycles. The Bertz CT molecular complexity index is 674. The highest BCUT2D eigenvalue weighted by molar-refractivity contribution is 5.89. The van der Waals surface area contributed by atoms with E-state index in [1.54, 1.807) is 6.20 Å². The lowest BCUT2D eigenvalue weighted by atomic mass is 10.1. The number of hydrogen-bond acceptors (Lipinski definition) is 5. The minimum absolute atomic E-state index is 0.180. The van der Waals surface area contributed by atoms with Crippen LogP contribution in [0.25, 0.3) is 0 Å². The number of rotatable bonds is 4. The largest absolute Gasteiger partial charge is 0.465 e. The monoisotopic (exact) mass is 289 g/mol. The highest BCUT2D eigenvalue weighted by atomic mass is 19.1. The van der Waals surface area contributed by atoms with Crippen LogP contribution in [-0.4, -0.2) is 23.0 Å². The molecule has 0 saturated carbocycles. The molecule has 5 nitrogen and oxygen atoms in total. The predicted octanol–water partition coefficient (Wildman–Crippen LogP) is 2.63. The Morgan fingerprint density at radius 2 is 2.14 bits per heavy atom. The summed E-state index contributed by atoms with van der Waals surface area (Å²) in [5.74, 6) is -0.487. The minimum atomic E-state index is -0.501. The maximum Gasteiger partial charge on any atom is 0.337 e. The Balaban J connectivity index is 2.15. The van der Waals surface area contributed by atoms with E-state index in [-0.39, 0.29) is 6.54 Å². The van der Waals surface area contributed by atoms with Crippen LogP contribution in [0.4, 0.5) is 10.3 Å². The molecule has 1 aromatic carbocycles. The van der Waals surface area contributed by atoms with E-state index in [1.165, 1.54) is 25.3 Å². The van der Waals surface area contributed by atoms with Gasteiger partial charge in [-0.1, -0.05) is 0 Å². The third-order valence-corrected chi connectivity index (χ3v) is 3.13. The summed E-state index contributed by atoms with van der Waals surface area (Å²) in [4.78, 5) is 19.8. The molecule has 110 valence electrons. The third kappa shape index (κ3) is 3.53. The average molecular weight is 289 g/mol. The molecule has 0 amide bonds. The van der Waals surface area contributed by atoms with Gasteiger partial charge in [0.25, 0.3) is 0 Å². The number of nitrogens with one attached hydrogen (secondary N) is 1. The van der Waals surface area contributed by atoms with Gasteiger partial charge in [-0.25, -0.2) is 19.2 Å². The van der Waals surface area contributed by atoms with Crippen molar-refractivity contribution in [2.24, 2.45) is 0 Å². The van der Waals surface area contributed by atoms with Crippen molar-refractivity contribution in [3.8, 4) is 0 Å². The molecule has 6 heteroatoms. The first kappa shape index (κ1) is 14.9. The van der Waals surface area contributed by atoms with E-state index in [0.29, 0.717) is 17.1 Å². The van der Waals surface area contributed by atoms with Crippen molar-refractivity contribution in [1.29, 1.82) is 0 Å². The van der Waals surface area contributed by atoms with Crippen LogP contribution in [0.15, 0.2) is 24.4 Å². The lowest BCUT2D eigenvalue weighted by Gasteiger charge is -2.08. The molecule has 0 unspecified atom stereocenters. The van der Waals surface area contributed by atoms with Crippen LogP contribution < -0.4 is 5.32 Å². The maximum atomic E-state index is 13.8. The van der Waals surface area contributed by atoms with Crippen LogP contribution >= 0.6 is 0 Å². The fraction of sp³-hybridized carbons (Fsp3) is 0.267. The number of carbonyl (C=O) groups is 1. The van der Waals surface area contributed by atoms with Gasteiger partial charge in [-0.15, -0.1) is 0 Å². The van der Waals surface area contributed by atoms with E-state index in [1.807, 2.05) is 13.8 Å². The highest BCUT2D eigenvalue weighted by Crippen LogP contribution is 2.13. The zero-order chi connectivity index (χ0) is 15.4. The Hall–Kier alpha value is -2.50. The van der Waals surface area contributed by atoms with Gasteiger partial charge >= 0.3 is 5.97 Å². The van der Waals surface area contributed by atoms with Gasteiger partial charge in [-0.2, -0.15) is 0 Å². The van der Waals surface area contributed by atoms with E-state index >= 15 is 0 Å². The first-order chi connectivity index (χ1) is 10.0. The number of benzene rings is 1. The Labute approximate surface area is 122 Å². The van der Waals surface area contributed by atoms with Crippen LogP contribution in [0.5, 0.6) is 0 Å². The molecule has 0 fully saturated rings. The molecular weight excluding hydrogens is 273 g/mol. The van der Waals surface area contributed by atoms with Crippen LogP contribution in [-0.2, 0) is 11.3 Å². The van der Waals surface area contributed by atoms with E-state index in [0.717, 1.165) is 11.3 Å². The second-order valence-corrected chi connectivity index (χ2v) is 4.61. The highest BCUT2D eigenvalue weighted by Gasteiger charge is 2.10. The SMILES string of the molecule is COC(=O)c1ccc(F)c(CNc2ncc(C)c(C)n2)c1. The molecule has 1 heterocycles. The van der Waals surface area contributed by atoms with Crippen LogP contribution in [0.2, 0.25) is 0 Å². The van der Waals surface area contributed by atoms with Gasteiger partial charge in [0, 0.05) is 24.0 Å². The summed E-state index contributed by atoms with van der Waals surface area (Å²) >= 11 is 0. The van der Waals surface area contributed by atoms with Gasteiger partial charge < -0.3 is 10.1 Å². The summed E-state index contributed by atoms with van der Waals surface area (Å²) in [5.41, 5.74) is 2.49. The summed E-state index contributed by atoms with van der Waals surface area (Å²) in [6, 6.07) is 4.08. The molecule has 0 radical (unpaired) electrons. The van der Waals surface area contributed by atoms with E-state index < -0.39 is 11.8 Å². The third-order valence-electron chi connectivity index (χ3n) is 3.13. The zero-order valence-electron chi connectivity index (χ0n) is 12.1. The smallest absolute Gasteiger partial charge is 0.337 e. The summed E-state index contributed by atoms with van der Waals surface area (Å²) < 4.78 is 18.4. The molecule has 0 saturated heterocycles. The summed E-state index contributed by atoms with van der Waals surface area (Å²) in [6.45, 7) is 3.97. The molecule has 2 rings (SSSR count). The standard InChI is InChI=1S/C15H16FN3O2/c1-9-7-17-15(19-10(9)2)18-8-12-6-11(14(20)21-3)4-5-13(12)16/h4-7H,8H2,1-3H3,(H,17,18,19). The lowest BCUT2D eigenvalue weighted by Crippen LogP contribution is -2.08. The summed E-state index contributed by atoms with van der Waals surface area (Å²) in [6.07, 6.45) is 1.70. The Morgan fingerprint density at radius 1 is 1.38 bits per heavy atom. The van der Waals surface area contributed by atoms with Gasteiger partial charge in [-0.05, 0) is 37.6 Å². The molecule has 2 aromatic rings. The maximum absolute atomic E-state index is 13.8. The molecule has 0 bridgehead atoms. The summed E-state index contributed by atoms with van der Waals surface area (Å²) in [5, 5.41) is 2.94.